The second-order valence-electron chi connectivity index (χ2n) is 11.4. The average molecular weight is 550 g/mol. The Morgan fingerprint density at radius 2 is 1.82 bits per heavy atom. The highest BCUT2D eigenvalue weighted by Gasteiger charge is 2.51. The molecular formula is C31H30ClF2N3O2. The third kappa shape index (κ3) is 4.96. The van der Waals surface area contributed by atoms with Crippen LogP contribution in [0, 0.1) is 17.0 Å². The van der Waals surface area contributed by atoms with Crippen molar-refractivity contribution < 1.29 is 18.4 Å². The largest absolute Gasteiger partial charge is 0.332 e. The van der Waals surface area contributed by atoms with Crippen LogP contribution in [-0.2, 0) is 27.8 Å². The van der Waals surface area contributed by atoms with Gasteiger partial charge in [-0.25, -0.2) is 13.8 Å². The number of anilines is 1. The molecule has 2 aromatic carbocycles. The van der Waals surface area contributed by atoms with Crippen molar-refractivity contribution in [3.63, 3.8) is 0 Å². The molecule has 1 aliphatic heterocycles. The minimum atomic E-state index is -0.694. The van der Waals surface area contributed by atoms with Crippen molar-refractivity contribution in [2.75, 3.05) is 11.9 Å². The normalized spacial score (nSPS) is 18.8. The highest BCUT2D eigenvalue weighted by Crippen LogP contribution is 2.47. The lowest BCUT2D eigenvalue weighted by Crippen LogP contribution is -2.41. The Balaban J connectivity index is 1.40. The predicted molar refractivity (Wildman–Crippen MR) is 148 cm³/mol. The van der Waals surface area contributed by atoms with E-state index in [0.717, 1.165) is 28.3 Å². The van der Waals surface area contributed by atoms with Gasteiger partial charge in [0.05, 0.1) is 11.5 Å². The summed E-state index contributed by atoms with van der Waals surface area (Å²) >= 11 is 6.66. The van der Waals surface area contributed by atoms with Gasteiger partial charge in [0.25, 0.3) is 0 Å². The molecule has 0 bridgehead atoms. The monoisotopic (exact) mass is 549 g/mol. The van der Waals surface area contributed by atoms with Gasteiger partial charge in [0.2, 0.25) is 11.8 Å². The predicted octanol–water partition coefficient (Wildman–Crippen LogP) is 6.65. The zero-order valence-corrected chi connectivity index (χ0v) is 23.1. The molecule has 3 aromatic rings. The molecule has 8 heteroatoms. The maximum Gasteiger partial charge on any atom is 0.237 e. The summed E-state index contributed by atoms with van der Waals surface area (Å²) in [7, 11) is 0. The van der Waals surface area contributed by atoms with Gasteiger partial charge in [0, 0.05) is 34.8 Å². The fourth-order valence-electron chi connectivity index (χ4n) is 5.58. The number of aromatic nitrogens is 1. The topological polar surface area (TPSA) is 62.3 Å². The Bertz CT molecular complexity index is 1490. The summed E-state index contributed by atoms with van der Waals surface area (Å²) in [5, 5.41) is 3.46. The van der Waals surface area contributed by atoms with E-state index in [9.17, 15) is 18.4 Å². The number of benzene rings is 2. The first-order valence-corrected chi connectivity index (χ1v) is 13.3. The van der Waals surface area contributed by atoms with Gasteiger partial charge in [0.1, 0.15) is 17.5 Å². The number of fused-ring (bicyclic) bond motifs is 3. The van der Waals surface area contributed by atoms with Crippen LogP contribution in [0.3, 0.4) is 0 Å². The number of halogens is 3. The summed E-state index contributed by atoms with van der Waals surface area (Å²) < 4.78 is 27.9. The van der Waals surface area contributed by atoms with Gasteiger partial charge in [0.15, 0.2) is 0 Å². The molecule has 2 amide bonds. The molecule has 39 heavy (non-hydrogen) atoms. The second kappa shape index (κ2) is 9.87. The van der Waals surface area contributed by atoms with Gasteiger partial charge in [-0.3, -0.25) is 9.59 Å². The first-order chi connectivity index (χ1) is 18.4. The number of hydrogen-bond acceptors (Lipinski definition) is 3. The number of carbonyl (C=O) groups is 2. The van der Waals surface area contributed by atoms with Crippen LogP contribution >= 0.6 is 11.6 Å². The first-order valence-electron chi connectivity index (χ1n) is 12.9. The van der Waals surface area contributed by atoms with Crippen LogP contribution in [0.1, 0.15) is 61.6 Å². The maximum atomic E-state index is 13.9. The van der Waals surface area contributed by atoms with E-state index in [0.29, 0.717) is 29.2 Å². The third-order valence-electron chi connectivity index (χ3n) is 7.63. The van der Waals surface area contributed by atoms with E-state index in [1.165, 1.54) is 12.1 Å². The van der Waals surface area contributed by atoms with Crippen LogP contribution in [0.2, 0.25) is 5.02 Å². The quantitative estimate of drug-likeness (QED) is 0.387. The fraction of sp³-hybridized carbons (Fsp3) is 0.323. The number of amides is 2. The molecule has 0 saturated carbocycles. The number of hydrogen-bond donors (Lipinski definition) is 1. The average Bonchev–Trinajstić information content (AvgIpc) is 3.36. The summed E-state index contributed by atoms with van der Waals surface area (Å²) in [5.41, 5.74) is 2.73. The van der Waals surface area contributed by atoms with Crippen molar-refractivity contribution in [1.82, 2.24) is 9.88 Å². The molecule has 2 heterocycles. The molecule has 1 aromatic heterocycles. The summed E-state index contributed by atoms with van der Waals surface area (Å²) in [6.07, 6.45) is 6.43. The van der Waals surface area contributed by atoms with Crippen LogP contribution in [0.5, 0.6) is 0 Å². The molecule has 1 N–H and O–H groups in total. The molecule has 0 fully saturated rings. The third-order valence-corrected chi connectivity index (χ3v) is 7.96. The van der Waals surface area contributed by atoms with Gasteiger partial charge in [-0.2, -0.15) is 0 Å². The number of rotatable bonds is 5. The lowest BCUT2D eigenvalue weighted by molar-refractivity contribution is -0.141. The molecule has 0 radical (unpaired) electrons. The van der Waals surface area contributed by atoms with E-state index in [1.807, 2.05) is 57.2 Å². The first kappa shape index (κ1) is 27.0. The minimum absolute atomic E-state index is 0.0558. The zero-order valence-electron chi connectivity index (χ0n) is 22.3. The summed E-state index contributed by atoms with van der Waals surface area (Å²) in [6, 6.07) is 10.4. The Morgan fingerprint density at radius 1 is 1.15 bits per heavy atom. The van der Waals surface area contributed by atoms with Crippen molar-refractivity contribution in [3.05, 3.63) is 99.2 Å². The highest BCUT2D eigenvalue weighted by molar-refractivity contribution is 6.32. The van der Waals surface area contributed by atoms with Crippen LogP contribution in [-0.4, -0.2) is 28.2 Å². The molecule has 1 aliphatic carbocycles. The van der Waals surface area contributed by atoms with Gasteiger partial charge < -0.3 is 10.2 Å². The number of pyridine rings is 1. The van der Waals surface area contributed by atoms with E-state index < -0.39 is 28.5 Å². The SMILES string of the molecule is CC(c1cc(F)cc(F)c1)N(CC=Cc1cc2c(cc1Cl)CC1(C2)C(=O)Nc2ncccc21)C(=O)C(C)(C)C. The van der Waals surface area contributed by atoms with Gasteiger partial charge >= 0.3 is 0 Å². The van der Waals surface area contributed by atoms with Crippen LogP contribution in [0.15, 0.2) is 54.7 Å². The van der Waals surface area contributed by atoms with Crippen molar-refractivity contribution in [3.8, 4) is 0 Å². The molecule has 2 atom stereocenters. The summed E-state index contributed by atoms with van der Waals surface area (Å²) in [5.74, 6) is -0.969. The molecular weight excluding hydrogens is 520 g/mol. The fourth-order valence-corrected chi connectivity index (χ4v) is 5.83. The van der Waals surface area contributed by atoms with Crippen LogP contribution in [0.4, 0.5) is 14.6 Å². The van der Waals surface area contributed by atoms with E-state index >= 15 is 0 Å². The Kier molecular flexibility index (Phi) is 6.83. The standard InChI is InChI=1S/C31H30ClF2N3O2/c1-18(20-12-23(33)15-24(34)13-20)37(29(39)30(2,3)4)10-6-7-19-11-21-16-31(17-22(21)14-26(19)32)25-8-5-9-35-27(25)36-28(31)38/h5-9,11-15,18H,10,16-17H2,1-4H3,(H,35,36,38). The number of nitrogens with zero attached hydrogens (tertiary/aromatic N) is 2. The zero-order chi connectivity index (χ0) is 28.1. The molecule has 5 rings (SSSR count). The van der Waals surface area contributed by atoms with Gasteiger partial charge in [-0.15, -0.1) is 0 Å². The summed E-state index contributed by atoms with van der Waals surface area (Å²) in [6.45, 7) is 7.40. The highest BCUT2D eigenvalue weighted by atomic mass is 35.5. The van der Waals surface area contributed by atoms with E-state index in [-0.39, 0.29) is 18.4 Å². The molecule has 1 spiro atoms. The molecule has 5 nitrogen and oxygen atoms in total. The Hall–Kier alpha value is -3.58. The minimum Gasteiger partial charge on any atom is -0.332 e. The van der Waals surface area contributed by atoms with E-state index in [1.54, 1.807) is 18.0 Å². The Morgan fingerprint density at radius 3 is 2.49 bits per heavy atom. The molecule has 202 valence electrons. The maximum absolute atomic E-state index is 13.9. The molecule has 2 unspecified atom stereocenters. The summed E-state index contributed by atoms with van der Waals surface area (Å²) in [4.78, 5) is 32.3. The van der Waals surface area contributed by atoms with Crippen molar-refractivity contribution >= 4 is 35.3 Å². The van der Waals surface area contributed by atoms with Crippen molar-refractivity contribution in [1.29, 1.82) is 0 Å². The van der Waals surface area contributed by atoms with E-state index in [2.05, 4.69) is 10.3 Å². The van der Waals surface area contributed by atoms with Crippen molar-refractivity contribution in [2.24, 2.45) is 5.41 Å². The molecule has 0 saturated heterocycles. The Labute approximate surface area is 231 Å². The number of nitrogens with one attached hydrogen (secondary N) is 1. The lowest BCUT2D eigenvalue weighted by Gasteiger charge is -2.34. The van der Waals surface area contributed by atoms with Crippen LogP contribution in [0.25, 0.3) is 6.08 Å². The lowest BCUT2D eigenvalue weighted by atomic mass is 9.79. The smallest absolute Gasteiger partial charge is 0.237 e. The van der Waals surface area contributed by atoms with Crippen molar-refractivity contribution in [2.45, 2.75) is 52.0 Å². The van der Waals surface area contributed by atoms with E-state index in [4.69, 9.17) is 11.6 Å². The number of carbonyl (C=O) groups excluding carboxylic acids is 2. The van der Waals surface area contributed by atoms with Gasteiger partial charge in [-0.1, -0.05) is 50.6 Å². The molecule has 2 aliphatic rings. The van der Waals surface area contributed by atoms with Gasteiger partial charge in [-0.05, 0) is 72.4 Å². The van der Waals surface area contributed by atoms with Crippen LogP contribution < -0.4 is 5.32 Å². The second-order valence-corrected chi connectivity index (χ2v) is 11.8.